The molecule has 0 radical (unpaired) electrons. The molecule has 1 fully saturated rings. The molecule has 0 bridgehead atoms. The molecule has 0 aliphatic carbocycles. The van der Waals surface area contributed by atoms with Crippen LogP contribution in [0.4, 0.5) is 10.1 Å². The molecule has 1 aromatic rings. The van der Waals surface area contributed by atoms with Crippen LogP contribution < -0.4 is 10.2 Å². The van der Waals surface area contributed by atoms with E-state index in [1.165, 1.54) is 17.0 Å². The Hall–Kier alpha value is -1.43. The molecule has 114 valence electrons. The second-order valence-corrected chi connectivity index (χ2v) is 7.20. The SMILES string of the molecule is CC1C(=O)NC(C(C)(C)C)C(=O)N1c1cc(Br)ccc1F. The van der Waals surface area contributed by atoms with Crippen molar-refractivity contribution in [2.45, 2.75) is 39.8 Å². The van der Waals surface area contributed by atoms with Crippen molar-refractivity contribution in [2.75, 3.05) is 4.90 Å². The fourth-order valence-corrected chi connectivity index (χ4v) is 2.71. The Bertz CT molecular complexity index is 598. The molecule has 2 amide bonds. The Morgan fingerprint density at radius 2 is 1.90 bits per heavy atom. The summed E-state index contributed by atoms with van der Waals surface area (Å²) < 4.78 is 14.8. The van der Waals surface area contributed by atoms with Crippen LogP contribution in [0.5, 0.6) is 0 Å². The lowest BCUT2D eigenvalue weighted by Gasteiger charge is -2.42. The van der Waals surface area contributed by atoms with Crippen molar-refractivity contribution in [1.82, 2.24) is 5.32 Å². The Morgan fingerprint density at radius 1 is 1.29 bits per heavy atom. The van der Waals surface area contributed by atoms with Gasteiger partial charge in [0.2, 0.25) is 5.91 Å². The normalized spacial score (nSPS) is 23.2. The topological polar surface area (TPSA) is 49.4 Å². The lowest BCUT2D eigenvalue weighted by molar-refractivity contribution is -0.136. The van der Waals surface area contributed by atoms with Crippen molar-refractivity contribution < 1.29 is 14.0 Å². The first-order chi connectivity index (χ1) is 9.62. The van der Waals surface area contributed by atoms with E-state index in [0.29, 0.717) is 4.47 Å². The predicted molar refractivity (Wildman–Crippen MR) is 82.4 cm³/mol. The van der Waals surface area contributed by atoms with E-state index in [1.54, 1.807) is 13.0 Å². The summed E-state index contributed by atoms with van der Waals surface area (Å²) in [7, 11) is 0. The van der Waals surface area contributed by atoms with E-state index < -0.39 is 23.3 Å². The smallest absolute Gasteiger partial charge is 0.250 e. The molecular formula is C15H18BrFN2O2. The molecule has 1 aliphatic rings. The van der Waals surface area contributed by atoms with Gasteiger partial charge in [-0.05, 0) is 30.5 Å². The lowest BCUT2D eigenvalue weighted by Crippen LogP contribution is -2.66. The number of piperazine rings is 1. The van der Waals surface area contributed by atoms with E-state index in [9.17, 15) is 14.0 Å². The minimum atomic E-state index is -0.750. The number of carbonyl (C=O) groups excluding carboxylic acids is 2. The van der Waals surface area contributed by atoms with E-state index in [-0.39, 0.29) is 17.5 Å². The van der Waals surface area contributed by atoms with Crippen LogP contribution in [0, 0.1) is 11.2 Å². The average Bonchev–Trinajstić information content (AvgIpc) is 2.36. The second-order valence-electron chi connectivity index (χ2n) is 6.29. The van der Waals surface area contributed by atoms with Gasteiger partial charge >= 0.3 is 0 Å². The van der Waals surface area contributed by atoms with Crippen molar-refractivity contribution in [3.63, 3.8) is 0 Å². The van der Waals surface area contributed by atoms with Crippen LogP contribution in [-0.4, -0.2) is 23.9 Å². The molecule has 21 heavy (non-hydrogen) atoms. The summed E-state index contributed by atoms with van der Waals surface area (Å²) in [5.41, 5.74) is -0.334. The van der Waals surface area contributed by atoms with Gasteiger partial charge in [-0.3, -0.25) is 14.5 Å². The maximum Gasteiger partial charge on any atom is 0.250 e. The first-order valence-electron chi connectivity index (χ1n) is 6.71. The number of rotatable bonds is 1. The molecule has 2 atom stereocenters. The standard InChI is InChI=1S/C15H18BrFN2O2/c1-8-13(20)18-12(15(2,3)4)14(21)19(8)11-7-9(16)5-6-10(11)17/h5-8,12H,1-4H3,(H,18,20). The third-order valence-corrected chi connectivity index (χ3v) is 4.06. The van der Waals surface area contributed by atoms with Crippen LogP contribution in [0.2, 0.25) is 0 Å². The first kappa shape index (κ1) is 15.9. The summed E-state index contributed by atoms with van der Waals surface area (Å²) >= 11 is 3.27. The van der Waals surface area contributed by atoms with Crippen LogP contribution >= 0.6 is 15.9 Å². The van der Waals surface area contributed by atoms with Crippen LogP contribution in [0.3, 0.4) is 0 Å². The predicted octanol–water partition coefficient (Wildman–Crippen LogP) is 2.85. The molecule has 0 saturated carbocycles. The van der Waals surface area contributed by atoms with E-state index in [4.69, 9.17) is 0 Å². The number of anilines is 1. The molecule has 1 saturated heterocycles. The number of carbonyl (C=O) groups is 2. The Morgan fingerprint density at radius 3 is 2.48 bits per heavy atom. The number of nitrogens with one attached hydrogen (secondary N) is 1. The maximum absolute atomic E-state index is 14.1. The van der Waals surface area contributed by atoms with Gasteiger partial charge in [0, 0.05) is 4.47 Å². The summed E-state index contributed by atoms with van der Waals surface area (Å²) in [6, 6.07) is 2.92. The highest BCUT2D eigenvalue weighted by Gasteiger charge is 2.44. The number of hydrogen-bond acceptors (Lipinski definition) is 2. The summed E-state index contributed by atoms with van der Waals surface area (Å²) in [6.07, 6.45) is 0. The van der Waals surface area contributed by atoms with Crippen LogP contribution in [-0.2, 0) is 9.59 Å². The number of halogens is 2. The van der Waals surface area contributed by atoms with Gasteiger partial charge in [0.15, 0.2) is 0 Å². The van der Waals surface area contributed by atoms with Crippen LogP contribution in [0.1, 0.15) is 27.7 Å². The maximum atomic E-state index is 14.1. The zero-order valence-electron chi connectivity index (χ0n) is 12.4. The third kappa shape index (κ3) is 2.95. The highest BCUT2D eigenvalue weighted by Crippen LogP contribution is 2.31. The number of amides is 2. The molecule has 1 aromatic carbocycles. The van der Waals surface area contributed by atoms with Crippen LogP contribution in [0.25, 0.3) is 0 Å². The largest absolute Gasteiger partial charge is 0.342 e. The highest BCUT2D eigenvalue weighted by atomic mass is 79.9. The van der Waals surface area contributed by atoms with E-state index in [2.05, 4.69) is 21.2 Å². The third-order valence-electron chi connectivity index (χ3n) is 3.57. The number of benzene rings is 1. The molecule has 1 N–H and O–H groups in total. The first-order valence-corrected chi connectivity index (χ1v) is 7.50. The zero-order chi connectivity index (χ0) is 15.9. The van der Waals surface area contributed by atoms with Crippen molar-refractivity contribution in [1.29, 1.82) is 0 Å². The van der Waals surface area contributed by atoms with Gasteiger partial charge in [0.05, 0.1) is 5.69 Å². The van der Waals surface area contributed by atoms with Crippen LogP contribution in [0.15, 0.2) is 22.7 Å². The minimum Gasteiger partial charge on any atom is -0.342 e. The molecule has 6 heteroatoms. The van der Waals surface area contributed by atoms with Gasteiger partial charge < -0.3 is 5.32 Å². The van der Waals surface area contributed by atoms with E-state index >= 15 is 0 Å². The van der Waals surface area contributed by atoms with Gasteiger partial charge in [0.25, 0.3) is 5.91 Å². The summed E-state index contributed by atoms with van der Waals surface area (Å²) in [5, 5.41) is 2.73. The Labute approximate surface area is 131 Å². The Kier molecular flexibility index (Phi) is 4.10. The Balaban J connectivity index is 2.51. The van der Waals surface area contributed by atoms with Crippen molar-refractivity contribution >= 4 is 33.4 Å². The fourth-order valence-electron chi connectivity index (χ4n) is 2.36. The molecule has 0 spiro atoms. The van der Waals surface area contributed by atoms with Crippen molar-refractivity contribution in [2.24, 2.45) is 5.41 Å². The monoisotopic (exact) mass is 356 g/mol. The van der Waals surface area contributed by atoms with Gasteiger partial charge in [-0.2, -0.15) is 0 Å². The van der Waals surface area contributed by atoms with Crippen molar-refractivity contribution in [3.05, 3.63) is 28.5 Å². The van der Waals surface area contributed by atoms with E-state index in [0.717, 1.165) is 0 Å². The molecule has 0 aromatic heterocycles. The lowest BCUT2D eigenvalue weighted by atomic mass is 9.84. The molecule has 1 heterocycles. The summed E-state index contributed by atoms with van der Waals surface area (Å²) in [5.74, 6) is -1.11. The molecule has 4 nitrogen and oxygen atoms in total. The molecule has 2 unspecified atom stereocenters. The zero-order valence-corrected chi connectivity index (χ0v) is 14.0. The average molecular weight is 357 g/mol. The second kappa shape index (κ2) is 5.40. The van der Waals surface area contributed by atoms with Crippen molar-refractivity contribution in [3.8, 4) is 0 Å². The molecule has 1 aliphatic heterocycles. The van der Waals surface area contributed by atoms with E-state index in [1.807, 2.05) is 20.8 Å². The van der Waals surface area contributed by atoms with Gasteiger partial charge in [-0.1, -0.05) is 36.7 Å². The quantitative estimate of drug-likeness (QED) is 0.840. The molecule has 2 rings (SSSR count). The van der Waals surface area contributed by atoms with Gasteiger partial charge in [0.1, 0.15) is 17.9 Å². The fraction of sp³-hybridized carbons (Fsp3) is 0.467. The molecular weight excluding hydrogens is 339 g/mol. The van der Waals surface area contributed by atoms with Gasteiger partial charge in [-0.25, -0.2) is 4.39 Å². The highest BCUT2D eigenvalue weighted by molar-refractivity contribution is 9.10. The number of hydrogen-bond donors (Lipinski definition) is 1. The summed E-state index contributed by atoms with van der Waals surface area (Å²) in [6.45, 7) is 7.18. The van der Waals surface area contributed by atoms with Gasteiger partial charge in [-0.15, -0.1) is 0 Å². The number of nitrogens with zero attached hydrogens (tertiary/aromatic N) is 1. The summed E-state index contributed by atoms with van der Waals surface area (Å²) in [4.78, 5) is 26.1. The minimum absolute atomic E-state index is 0.117.